The first-order valence-electron chi connectivity index (χ1n) is 5.07. The molecule has 0 atom stereocenters. The lowest BCUT2D eigenvalue weighted by molar-refractivity contribution is -0.385. The molecule has 8 nitrogen and oxygen atoms in total. The Labute approximate surface area is 106 Å². The molecule has 0 aliphatic rings. The summed E-state index contributed by atoms with van der Waals surface area (Å²) in [5.41, 5.74) is 5.19. The molecule has 94 valence electrons. The number of amides is 1. The van der Waals surface area contributed by atoms with Gasteiger partial charge in [-0.15, -0.1) is 0 Å². The topological polar surface area (TPSA) is 128 Å². The average molecular weight is 257 g/mol. The van der Waals surface area contributed by atoms with E-state index in [-0.39, 0.29) is 16.9 Å². The first kappa shape index (κ1) is 12.3. The van der Waals surface area contributed by atoms with Crippen LogP contribution < -0.4 is 5.73 Å². The number of nitriles is 1. The number of carbonyl (C=O) groups is 1. The Morgan fingerprint density at radius 1 is 1.47 bits per heavy atom. The summed E-state index contributed by atoms with van der Waals surface area (Å²) in [7, 11) is 0. The standard InChI is InChI=1S/C11H7N5O3/c12-6-7-5-8(1-2-10(7)16(18)19)15-4-3-9(14-15)11(13)17/h1-5H,(H2,13,17). The monoisotopic (exact) mass is 257 g/mol. The van der Waals surface area contributed by atoms with E-state index in [0.717, 1.165) is 0 Å². The quantitative estimate of drug-likeness (QED) is 0.640. The van der Waals surface area contributed by atoms with Crippen LogP contribution in [0.4, 0.5) is 5.69 Å². The number of aromatic nitrogens is 2. The number of nitro benzene ring substituents is 1. The van der Waals surface area contributed by atoms with E-state index >= 15 is 0 Å². The molecule has 2 aromatic rings. The normalized spacial score (nSPS) is 9.84. The Balaban J connectivity index is 2.49. The van der Waals surface area contributed by atoms with Gasteiger partial charge < -0.3 is 5.73 Å². The zero-order valence-corrected chi connectivity index (χ0v) is 9.48. The fraction of sp³-hybridized carbons (Fsp3) is 0. The number of benzene rings is 1. The average Bonchev–Trinajstić information content (AvgIpc) is 2.87. The molecule has 0 radical (unpaired) electrons. The molecule has 0 fully saturated rings. The van der Waals surface area contributed by atoms with Gasteiger partial charge in [-0.1, -0.05) is 0 Å². The van der Waals surface area contributed by atoms with Crippen LogP contribution in [0.5, 0.6) is 0 Å². The third-order valence-electron chi connectivity index (χ3n) is 2.40. The molecule has 1 aromatic heterocycles. The number of hydrogen-bond donors (Lipinski definition) is 1. The third-order valence-corrected chi connectivity index (χ3v) is 2.40. The van der Waals surface area contributed by atoms with Crippen molar-refractivity contribution in [3.63, 3.8) is 0 Å². The van der Waals surface area contributed by atoms with Gasteiger partial charge in [0.15, 0.2) is 0 Å². The molecule has 19 heavy (non-hydrogen) atoms. The molecule has 0 aliphatic carbocycles. The molecular weight excluding hydrogens is 250 g/mol. The number of nitro groups is 1. The zero-order valence-electron chi connectivity index (χ0n) is 9.48. The molecule has 0 spiro atoms. The van der Waals surface area contributed by atoms with E-state index in [1.807, 2.05) is 0 Å². The van der Waals surface area contributed by atoms with Crippen LogP contribution >= 0.6 is 0 Å². The number of nitrogens with two attached hydrogens (primary N) is 1. The second-order valence-electron chi connectivity index (χ2n) is 3.58. The van der Waals surface area contributed by atoms with Crippen molar-refractivity contribution < 1.29 is 9.72 Å². The Bertz CT molecular complexity index is 713. The van der Waals surface area contributed by atoms with Gasteiger partial charge in [0.2, 0.25) is 0 Å². The molecule has 0 bridgehead atoms. The van der Waals surface area contributed by atoms with E-state index in [9.17, 15) is 14.9 Å². The molecule has 0 saturated heterocycles. The zero-order chi connectivity index (χ0) is 14.0. The Morgan fingerprint density at radius 3 is 2.74 bits per heavy atom. The van der Waals surface area contributed by atoms with Gasteiger partial charge in [-0.2, -0.15) is 10.4 Å². The van der Waals surface area contributed by atoms with Crippen LogP contribution in [0.15, 0.2) is 30.5 Å². The Morgan fingerprint density at radius 2 is 2.21 bits per heavy atom. The van der Waals surface area contributed by atoms with Crippen LogP contribution in [-0.4, -0.2) is 20.6 Å². The van der Waals surface area contributed by atoms with Crippen LogP contribution in [0.25, 0.3) is 5.69 Å². The maximum Gasteiger partial charge on any atom is 0.287 e. The van der Waals surface area contributed by atoms with E-state index in [1.165, 1.54) is 35.1 Å². The van der Waals surface area contributed by atoms with Crippen molar-refractivity contribution >= 4 is 11.6 Å². The number of nitrogens with zero attached hydrogens (tertiary/aromatic N) is 4. The van der Waals surface area contributed by atoms with E-state index in [2.05, 4.69) is 5.10 Å². The van der Waals surface area contributed by atoms with Gasteiger partial charge in [0.05, 0.1) is 10.6 Å². The van der Waals surface area contributed by atoms with Crippen molar-refractivity contribution in [3.05, 3.63) is 51.8 Å². The fourth-order valence-corrected chi connectivity index (χ4v) is 1.51. The molecule has 1 aromatic carbocycles. The van der Waals surface area contributed by atoms with Crippen molar-refractivity contribution in [1.29, 1.82) is 5.26 Å². The van der Waals surface area contributed by atoms with Gasteiger partial charge in [-0.3, -0.25) is 14.9 Å². The van der Waals surface area contributed by atoms with E-state index in [0.29, 0.717) is 5.69 Å². The number of hydrogen-bond acceptors (Lipinski definition) is 5. The lowest BCUT2D eigenvalue weighted by atomic mass is 10.2. The summed E-state index contributed by atoms with van der Waals surface area (Å²) in [5, 5.41) is 23.5. The van der Waals surface area contributed by atoms with Crippen LogP contribution in [-0.2, 0) is 0 Å². The summed E-state index contributed by atoms with van der Waals surface area (Å²) in [6, 6.07) is 7.11. The van der Waals surface area contributed by atoms with Gasteiger partial charge >= 0.3 is 0 Å². The second kappa shape index (κ2) is 4.58. The Hall–Kier alpha value is -3.21. The Kier molecular flexibility index (Phi) is 2.95. The summed E-state index contributed by atoms with van der Waals surface area (Å²) >= 11 is 0. The molecule has 0 saturated carbocycles. The summed E-state index contributed by atoms with van der Waals surface area (Å²) < 4.78 is 1.31. The molecule has 2 N–H and O–H groups in total. The smallest absolute Gasteiger partial charge is 0.287 e. The van der Waals surface area contributed by atoms with Gasteiger partial charge in [0, 0.05) is 12.3 Å². The van der Waals surface area contributed by atoms with Gasteiger partial charge in [-0.05, 0) is 18.2 Å². The maximum atomic E-state index is 10.9. The highest BCUT2D eigenvalue weighted by atomic mass is 16.6. The summed E-state index contributed by atoms with van der Waals surface area (Å²) in [5.74, 6) is -0.679. The summed E-state index contributed by atoms with van der Waals surface area (Å²) in [6.07, 6.45) is 1.47. The predicted octanol–water partition coefficient (Wildman–Crippen LogP) is 0.751. The third kappa shape index (κ3) is 2.25. The minimum atomic E-state index is -0.679. The molecule has 0 unspecified atom stereocenters. The second-order valence-corrected chi connectivity index (χ2v) is 3.58. The fourth-order valence-electron chi connectivity index (χ4n) is 1.51. The largest absolute Gasteiger partial charge is 0.364 e. The van der Waals surface area contributed by atoms with Crippen molar-refractivity contribution in [1.82, 2.24) is 9.78 Å². The number of primary amides is 1. The van der Waals surface area contributed by atoms with E-state index in [4.69, 9.17) is 11.0 Å². The summed E-state index contributed by atoms with van der Waals surface area (Å²) in [6.45, 7) is 0. The number of carbonyl (C=O) groups excluding carboxylic acids is 1. The van der Waals surface area contributed by atoms with E-state index < -0.39 is 10.8 Å². The minimum absolute atomic E-state index is 0.0665. The summed E-state index contributed by atoms with van der Waals surface area (Å²) in [4.78, 5) is 21.0. The molecular formula is C11H7N5O3. The van der Waals surface area contributed by atoms with Crippen LogP contribution in [0.2, 0.25) is 0 Å². The van der Waals surface area contributed by atoms with Crippen LogP contribution in [0.3, 0.4) is 0 Å². The molecule has 1 amide bonds. The van der Waals surface area contributed by atoms with Crippen LogP contribution in [0, 0.1) is 21.4 Å². The minimum Gasteiger partial charge on any atom is -0.364 e. The molecule has 1 heterocycles. The number of rotatable bonds is 3. The maximum absolute atomic E-state index is 10.9. The van der Waals surface area contributed by atoms with E-state index in [1.54, 1.807) is 6.07 Å². The highest BCUT2D eigenvalue weighted by Gasteiger charge is 2.15. The SMILES string of the molecule is N#Cc1cc(-n2ccc(C(N)=O)n2)ccc1[N+](=O)[O-]. The molecule has 0 aliphatic heterocycles. The lowest BCUT2D eigenvalue weighted by Crippen LogP contribution is -2.12. The first-order chi connectivity index (χ1) is 9.02. The van der Waals surface area contributed by atoms with Crippen molar-refractivity contribution in [3.8, 4) is 11.8 Å². The van der Waals surface area contributed by atoms with Crippen LogP contribution in [0.1, 0.15) is 16.1 Å². The molecule has 2 rings (SSSR count). The van der Waals surface area contributed by atoms with Crippen molar-refractivity contribution in [2.24, 2.45) is 5.73 Å². The lowest BCUT2D eigenvalue weighted by Gasteiger charge is -2.02. The first-order valence-corrected chi connectivity index (χ1v) is 5.07. The van der Waals surface area contributed by atoms with Crippen molar-refractivity contribution in [2.75, 3.05) is 0 Å². The highest BCUT2D eigenvalue weighted by Crippen LogP contribution is 2.20. The molecule has 8 heteroatoms. The van der Waals surface area contributed by atoms with Gasteiger partial charge in [-0.25, -0.2) is 4.68 Å². The van der Waals surface area contributed by atoms with Gasteiger partial charge in [0.1, 0.15) is 17.3 Å². The van der Waals surface area contributed by atoms with Gasteiger partial charge in [0.25, 0.3) is 11.6 Å². The van der Waals surface area contributed by atoms with Crippen molar-refractivity contribution in [2.45, 2.75) is 0 Å². The predicted molar refractivity (Wildman–Crippen MR) is 63.5 cm³/mol. The highest BCUT2D eigenvalue weighted by molar-refractivity contribution is 5.90.